The van der Waals surface area contributed by atoms with Crippen LogP contribution in [0, 0.1) is 5.92 Å². The van der Waals surface area contributed by atoms with Gasteiger partial charge in [0.2, 0.25) is 0 Å². The van der Waals surface area contributed by atoms with Crippen molar-refractivity contribution >= 4 is 0 Å². The molecule has 1 heterocycles. The Balaban J connectivity index is 2.90. The molecule has 2 atom stereocenters. The summed E-state index contributed by atoms with van der Waals surface area (Å²) >= 11 is 0. The third kappa shape index (κ3) is 4.83. The Morgan fingerprint density at radius 3 is 2.10 bits per heavy atom. The van der Waals surface area contributed by atoms with E-state index in [0.29, 0.717) is 13.1 Å². The fourth-order valence-corrected chi connectivity index (χ4v) is 3.47. The summed E-state index contributed by atoms with van der Waals surface area (Å²) in [5, 5.41) is 3.40. The average molecular weight is 310 g/mol. The Hall–Kier alpha value is -0.330. The second-order valence-electron chi connectivity index (χ2n) is 6.89. The minimum absolute atomic E-state index is 0.00903. The number of likely N-dealkylation sites (N-methyl/N-ethyl adjacent to an activating group) is 1. The summed E-state index contributed by atoms with van der Waals surface area (Å²) in [7, 11) is 0. The zero-order valence-electron chi connectivity index (χ0n) is 14.0. The maximum absolute atomic E-state index is 12.7. The van der Waals surface area contributed by atoms with E-state index in [1.54, 1.807) is 6.92 Å². The van der Waals surface area contributed by atoms with E-state index in [1.165, 1.54) is 4.90 Å². The van der Waals surface area contributed by atoms with Gasteiger partial charge in [-0.15, -0.1) is 0 Å². The maximum Gasteiger partial charge on any atom is 0.401 e. The minimum atomic E-state index is -4.16. The van der Waals surface area contributed by atoms with E-state index in [-0.39, 0.29) is 17.6 Å². The first-order valence-corrected chi connectivity index (χ1v) is 7.65. The summed E-state index contributed by atoms with van der Waals surface area (Å²) in [6, 6.07) is 0.0415. The van der Waals surface area contributed by atoms with Crippen LogP contribution in [0.3, 0.4) is 0 Å². The molecule has 0 saturated carbocycles. The number of nitrogens with zero attached hydrogens (tertiary/aromatic N) is 1. The van der Waals surface area contributed by atoms with Gasteiger partial charge < -0.3 is 10.1 Å². The molecule has 21 heavy (non-hydrogen) atoms. The predicted molar refractivity (Wildman–Crippen MR) is 78.4 cm³/mol. The monoisotopic (exact) mass is 310 g/mol. The van der Waals surface area contributed by atoms with Gasteiger partial charge in [-0.3, -0.25) is 4.90 Å². The molecule has 2 unspecified atom stereocenters. The van der Waals surface area contributed by atoms with E-state index in [4.69, 9.17) is 4.74 Å². The first kappa shape index (κ1) is 18.7. The van der Waals surface area contributed by atoms with E-state index in [9.17, 15) is 13.2 Å². The molecule has 0 aromatic rings. The molecule has 126 valence electrons. The van der Waals surface area contributed by atoms with Gasteiger partial charge in [-0.2, -0.15) is 13.2 Å². The van der Waals surface area contributed by atoms with Crippen LogP contribution in [0.1, 0.15) is 41.5 Å². The van der Waals surface area contributed by atoms with Crippen molar-refractivity contribution in [2.75, 3.05) is 26.2 Å². The van der Waals surface area contributed by atoms with E-state index >= 15 is 0 Å². The normalized spacial score (nSPS) is 28.3. The first-order valence-electron chi connectivity index (χ1n) is 7.65. The zero-order valence-corrected chi connectivity index (χ0v) is 14.0. The molecule has 0 amide bonds. The maximum atomic E-state index is 12.7. The molecule has 0 bridgehead atoms. The summed E-state index contributed by atoms with van der Waals surface area (Å²) in [6.45, 7) is 12.4. The predicted octanol–water partition coefficient (Wildman–Crippen LogP) is 3.05. The topological polar surface area (TPSA) is 24.5 Å². The Kier molecular flexibility index (Phi) is 5.73. The number of rotatable bonds is 6. The minimum Gasteiger partial charge on any atom is -0.368 e. The number of nitrogens with one attached hydrogen (secondary N) is 1. The van der Waals surface area contributed by atoms with E-state index < -0.39 is 18.3 Å². The lowest BCUT2D eigenvalue weighted by Crippen LogP contribution is -2.51. The van der Waals surface area contributed by atoms with Crippen LogP contribution >= 0.6 is 0 Å². The highest BCUT2D eigenvalue weighted by atomic mass is 19.4. The van der Waals surface area contributed by atoms with E-state index in [1.807, 2.05) is 34.6 Å². The van der Waals surface area contributed by atoms with Crippen molar-refractivity contribution in [2.24, 2.45) is 5.92 Å². The van der Waals surface area contributed by atoms with Crippen molar-refractivity contribution in [1.82, 2.24) is 10.2 Å². The van der Waals surface area contributed by atoms with Crippen LogP contribution in [0.15, 0.2) is 0 Å². The average Bonchev–Trinajstić information content (AvgIpc) is 2.44. The summed E-state index contributed by atoms with van der Waals surface area (Å²) < 4.78 is 44.1. The fraction of sp³-hybridized carbons (Fsp3) is 1.00. The van der Waals surface area contributed by atoms with E-state index in [2.05, 4.69) is 5.32 Å². The van der Waals surface area contributed by atoms with Gasteiger partial charge in [0.1, 0.15) is 0 Å². The molecule has 0 radical (unpaired) electrons. The van der Waals surface area contributed by atoms with Gasteiger partial charge in [-0.1, -0.05) is 13.8 Å². The lowest BCUT2D eigenvalue weighted by Gasteiger charge is -2.34. The number of hydrogen-bond donors (Lipinski definition) is 1. The van der Waals surface area contributed by atoms with Gasteiger partial charge >= 0.3 is 6.18 Å². The Labute approximate surface area is 126 Å². The van der Waals surface area contributed by atoms with Crippen molar-refractivity contribution in [3.63, 3.8) is 0 Å². The molecule has 1 aliphatic rings. The molecule has 1 aliphatic heterocycles. The SMILES string of the molecule is CCNC1C(CN(CC)CC(F)(F)F)C(C)(C)OC1(C)C. The van der Waals surface area contributed by atoms with Gasteiger partial charge in [0.25, 0.3) is 0 Å². The Bertz CT molecular complexity index is 342. The van der Waals surface area contributed by atoms with Crippen LogP contribution in [0.25, 0.3) is 0 Å². The standard InChI is InChI=1S/C15H29F3N2O/c1-7-19-12-11(13(3,4)21-14(12,5)6)9-20(8-2)10-15(16,17)18/h11-12,19H,7-10H2,1-6H3. The van der Waals surface area contributed by atoms with Gasteiger partial charge in [-0.05, 0) is 40.8 Å². The van der Waals surface area contributed by atoms with E-state index in [0.717, 1.165) is 6.54 Å². The first-order chi connectivity index (χ1) is 9.43. The van der Waals surface area contributed by atoms with Crippen LogP contribution in [0.4, 0.5) is 13.2 Å². The summed E-state index contributed by atoms with van der Waals surface area (Å²) in [4.78, 5) is 1.46. The molecule has 0 aromatic carbocycles. The molecular formula is C15H29F3N2O. The van der Waals surface area contributed by atoms with Crippen molar-refractivity contribution in [2.45, 2.75) is 65.0 Å². The summed E-state index contributed by atoms with van der Waals surface area (Å²) in [5.41, 5.74) is -0.836. The largest absolute Gasteiger partial charge is 0.401 e. The highest BCUT2D eigenvalue weighted by Gasteiger charge is 2.53. The highest BCUT2D eigenvalue weighted by molar-refractivity contribution is 5.06. The van der Waals surface area contributed by atoms with Gasteiger partial charge in [0.05, 0.1) is 17.7 Å². The van der Waals surface area contributed by atoms with Crippen LogP contribution in [0.5, 0.6) is 0 Å². The van der Waals surface area contributed by atoms with Gasteiger partial charge in [0, 0.05) is 18.5 Å². The highest BCUT2D eigenvalue weighted by Crippen LogP contribution is 2.42. The van der Waals surface area contributed by atoms with Crippen LogP contribution in [-0.4, -0.2) is 54.5 Å². The second kappa shape index (κ2) is 6.42. The molecule has 1 saturated heterocycles. The summed E-state index contributed by atoms with van der Waals surface area (Å²) in [6.07, 6.45) is -4.16. The lowest BCUT2D eigenvalue weighted by molar-refractivity contribution is -0.148. The molecule has 1 fully saturated rings. The van der Waals surface area contributed by atoms with Crippen molar-refractivity contribution in [1.29, 1.82) is 0 Å². The molecule has 0 aliphatic carbocycles. The number of hydrogen-bond acceptors (Lipinski definition) is 3. The molecule has 1 N–H and O–H groups in total. The summed E-state index contributed by atoms with van der Waals surface area (Å²) in [5.74, 6) is 0.00903. The smallest absolute Gasteiger partial charge is 0.368 e. The Morgan fingerprint density at radius 2 is 1.67 bits per heavy atom. The number of halogens is 3. The molecule has 3 nitrogen and oxygen atoms in total. The van der Waals surface area contributed by atoms with Gasteiger partial charge in [-0.25, -0.2) is 0 Å². The van der Waals surface area contributed by atoms with Gasteiger partial charge in [0.15, 0.2) is 0 Å². The zero-order chi connectivity index (χ0) is 16.5. The quantitative estimate of drug-likeness (QED) is 0.816. The molecule has 1 rings (SSSR count). The third-order valence-electron chi connectivity index (χ3n) is 4.30. The van der Waals surface area contributed by atoms with Crippen molar-refractivity contribution < 1.29 is 17.9 Å². The fourth-order valence-electron chi connectivity index (χ4n) is 3.47. The molecule has 6 heteroatoms. The van der Waals surface area contributed by atoms with Crippen molar-refractivity contribution in [3.05, 3.63) is 0 Å². The molecular weight excluding hydrogens is 281 g/mol. The van der Waals surface area contributed by atoms with Crippen LogP contribution in [-0.2, 0) is 4.74 Å². The van der Waals surface area contributed by atoms with Crippen LogP contribution < -0.4 is 5.32 Å². The number of alkyl halides is 3. The van der Waals surface area contributed by atoms with Crippen molar-refractivity contribution in [3.8, 4) is 0 Å². The molecule has 0 aromatic heterocycles. The lowest BCUT2D eigenvalue weighted by atomic mass is 9.82. The Morgan fingerprint density at radius 1 is 1.10 bits per heavy atom. The third-order valence-corrected chi connectivity index (χ3v) is 4.30. The van der Waals surface area contributed by atoms with Crippen LogP contribution in [0.2, 0.25) is 0 Å². The second-order valence-corrected chi connectivity index (χ2v) is 6.89. The number of ether oxygens (including phenoxy) is 1. The molecule has 0 spiro atoms.